The summed E-state index contributed by atoms with van der Waals surface area (Å²) in [5, 5.41) is 10.2. The second kappa shape index (κ2) is 11.2. The number of nitrogens with zero attached hydrogens (tertiary/aromatic N) is 8. The Hall–Kier alpha value is -4.29. The molecule has 2 aromatic carbocycles. The molecule has 47 heavy (non-hydrogen) atoms. The predicted octanol–water partition coefficient (Wildman–Crippen LogP) is 5.05. The Morgan fingerprint density at radius 1 is 0.957 bits per heavy atom. The summed E-state index contributed by atoms with van der Waals surface area (Å²) >= 11 is 0. The van der Waals surface area contributed by atoms with E-state index in [1.54, 1.807) is 24.3 Å². The molecule has 12 heteroatoms. The fraction of sp³-hybridized carbons (Fsp3) is 0.429. The minimum atomic E-state index is -3.93. The second-order valence-electron chi connectivity index (χ2n) is 13.3. The summed E-state index contributed by atoms with van der Waals surface area (Å²) in [5.41, 5.74) is 7.24. The molecule has 0 radical (unpaired) electrons. The number of benzene rings is 2. The van der Waals surface area contributed by atoms with Gasteiger partial charge >= 0.3 is 0 Å². The molecule has 5 heterocycles. The van der Waals surface area contributed by atoms with Crippen molar-refractivity contribution in [1.82, 2.24) is 28.9 Å². The van der Waals surface area contributed by atoms with Crippen molar-refractivity contribution in [2.75, 3.05) is 36.1 Å². The predicted molar refractivity (Wildman–Crippen MR) is 182 cm³/mol. The molecular formula is C35H40N8O3S. The average molecular weight is 653 g/mol. The smallest absolute Gasteiger partial charge is 0.283 e. The van der Waals surface area contributed by atoms with Crippen LogP contribution in [0.5, 0.6) is 0 Å². The van der Waals surface area contributed by atoms with E-state index in [9.17, 15) is 8.42 Å². The number of aromatic nitrogens is 6. The van der Waals surface area contributed by atoms with Crippen LogP contribution in [0.3, 0.4) is 0 Å². The third kappa shape index (κ3) is 5.09. The largest absolute Gasteiger partial charge is 0.377 e. The van der Waals surface area contributed by atoms with Crippen LogP contribution in [0.25, 0.3) is 22.3 Å². The molecule has 0 bridgehead atoms. The van der Waals surface area contributed by atoms with E-state index in [1.165, 1.54) is 18.5 Å². The van der Waals surface area contributed by atoms with E-state index in [-0.39, 0.29) is 10.9 Å². The maximum Gasteiger partial charge on any atom is 0.283 e. The van der Waals surface area contributed by atoms with Crippen LogP contribution in [0.1, 0.15) is 59.5 Å². The molecule has 1 saturated heterocycles. The second-order valence-corrected chi connectivity index (χ2v) is 15.1. The lowest BCUT2D eigenvalue weighted by molar-refractivity contribution is 0.0984. The van der Waals surface area contributed by atoms with E-state index >= 15 is 0 Å². The summed E-state index contributed by atoms with van der Waals surface area (Å²) < 4.78 is 36.7. The summed E-state index contributed by atoms with van der Waals surface area (Å²) in [4.78, 5) is 15.5. The lowest BCUT2D eigenvalue weighted by atomic mass is 9.99. The van der Waals surface area contributed by atoms with Gasteiger partial charge in [-0.1, -0.05) is 23.8 Å². The first-order valence-electron chi connectivity index (χ1n) is 16.4. The maximum atomic E-state index is 13.8. The molecule has 8 rings (SSSR count). The van der Waals surface area contributed by atoms with Gasteiger partial charge in [-0.2, -0.15) is 22.7 Å². The molecular weight excluding hydrogens is 613 g/mol. The molecule has 0 amide bonds. The van der Waals surface area contributed by atoms with Gasteiger partial charge < -0.3 is 14.5 Å². The van der Waals surface area contributed by atoms with Gasteiger partial charge in [-0.15, -0.1) is 0 Å². The minimum Gasteiger partial charge on any atom is -0.377 e. The van der Waals surface area contributed by atoms with Crippen molar-refractivity contribution >= 4 is 32.6 Å². The zero-order valence-corrected chi connectivity index (χ0v) is 28.4. The van der Waals surface area contributed by atoms with E-state index < -0.39 is 10.0 Å². The van der Waals surface area contributed by atoms with Gasteiger partial charge in [0, 0.05) is 61.6 Å². The number of rotatable bonds is 6. The topological polar surface area (TPSA) is 111 Å². The molecule has 0 spiro atoms. The van der Waals surface area contributed by atoms with E-state index in [0.29, 0.717) is 42.7 Å². The van der Waals surface area contributed by atoms with E-state index in [4.69, 9.17) is 19.8 Å². The van der Waals surface area contributed by atoms with Crippen molar-refractivity contribution < 1.29 is 13.2 Å². The first kappa shape index (κ1) is 30.1. The van der Waals surface area contributed by atoms with Gasteiger partial charge in [0.15, 0.2) is 5.82 Å². The van der Waals surface area contributed by atoms with Crippen molar-refractivity contribution in [1.29, 1.82) is 0 Å². The monoisotopic (exact) mass is 652 g/mol. The SMILES string of the molecule is Cc1ccc(S(=O)(=O)n2nc(C)c3c(-c4nc5c(c(N6CCOCC6C)n4)CN(c4cc(C6CC6)nn4C)CC5)c(C)ccc32)cc1. The zero-order chi connectivity index (χ0) is 32.6. The van der Waals surface area contributed by atoms with Gasteiger partial charge in [0.25, 0.3) is 10.0 Å². The molecule has 2 aliphatic heterocycles. The van der Waals surface area contributed by atoms with Crippen LogP contribution in [-0.2, 0) is 34.8 Å². The fourth-order valence-corrected chi connectivity index (χ4v) is 8.40. The van der Waals surface area contributed by atoms with Crippen LogP contribution in [0.4, 0.5) is 11.6 Å². The summed E-state index contributed by atoms with van der Waals surface area (Å²) in [6, 6.07) is 13.1. The maximum absolute atomic E-state index is 13.8. The van der Waals surface area contributed by atoms with Gasteiger partial charge in [0.05, 0.1) is 46.7 Å². The van der Waals surface area contributed by atoms with Crippen LogP contribution in [-0.4, -0.2) is 69.7 Å². The quantitative estimate of drug-likeness (QED) is 0.249. The first-order valence-corrected chi connectivity index (χ1v) is 17.9. The van der Waals surface area contributed by atoms with Gasteiger partial charge in [-0.3, -0.25) is 4.68 Å². The molecule has 0 N–H and O–H groups in total. The highest BCUT2D eigenvalue weighted by Crippen LogP contribution is 2.42. The van der Waals surface area contributed by atoms with Gasteiger partial charge in [-0.05, 0) is 64.3 Å². The number of hydrogen-bond acceptors (Lipinski definition) is 9. The summed E-state index contributed by atoms with van der Waals surface area (Å²) in [5.74, 6) is 3.24. The molecule has 11 nitrogen and oxygen atoms in total. The summed E-state index contributed by atoms with van der Waals surface area (Å²) in [6.45, 7) is 11.5. The van der Waals surface area contributed by atoms with Crippen LogP contribution in [0.2, 0.25) is 0 Å². The number of hydrogen-bond donors (Lipinski definition) is 0. The molecule has 244 valence electrons. The fourth-order valence-electron chi connectivity index (χ4n) is 7.08. The highest BCUT2D eigenvalue weighted by Gasteiger charge is 2.33. The Morgan fingerprint density at radius 3 is 2.49 bits per heavy atom. The molecule has 1 aliphatic carbocycles. The average Bonchev–Trinajstić information content (AvgIpc) is 3.75. The van der Waals surface area contributed by atoms with E-state index in [2.05, 4.69) is 27.9 Å². The third-order valence-electron chi connectivity index (χ3n) is 9.84. The normalized spacial score (nSPS) is 18.6. The van der Waals surface area contributed by atoms with Gasteiger partial charge in [-0.25, -0.2) is 9.97 Å². The van der Waals surface area contributed by atoms with Crippen molar-refractivity contribution in [3.05, 3.63) is 76.2 Å². The molecule has 1 saturated carbocycles. The molecule has 3 aliphatic rings. The molecule has 3 aromatic heterocycles. The van der Waals surface area contributed by atoms with Crippen molar-refractivity contribution in [2.45, 2.75) is 70.4 Å². The molecule has 2 fully saturated rings. The van der Waals surface area contributed by atoms with Crippen LogP contribution >= 0.6 is 0 Å². The summed E-state index contributed by atoms with van der Waals surface area (Å²) in [7, 11) is -1.89. The van der Waals surface area contributed by atoms with E-state index in [1.807, 2.05) is 44.6 Å². The van der Waals surface area contributed by atoms with Crippen molar-refractivity contribution in [3.8, 4) is 11.4 Å². The molecule has 1 atom stereocenters. The van der Waals surface area contributed by atoms with E-state index in [0.717, 1.165) is 68.6 Å². The number of ether oxygens (including phenoxy) is 1. The van der Waals surface area contributed by atoms with Gasteiger partial charge in [0.2, 0.25) is 0 Å². The molecule has 5 aromatic rings. The standard InChI is InChI=1S/C35H40N8O3S/c1-21-6-11-26(12-7-21)47(44,45)43-30-13-8-22(2)32(33(30)24(4)38-43)34-36-28-14-15-41(31-18-29(25-9-10-25)39-40(31)5)19-27(28)35(37-34)42-16-17-46-20-23(42)3/h6-8,11-13,18,23,25H,9-10,14-17,19-20H2,1-5H3. The Morgan fingerprint density at radius 2 is 1.74 bits per heavy atom. The Balaban J connectivity index is 1.27. The molecule has 1 unspecified atom stereocenters. The van der Waals surface area contributed by atoms with Crippen molar-refractivity contribution in [3.63, 3.8) is 0 Å². The highest BCUT2D eigenvalue weighted by molar-refractivity contribution is 7.90. The highest BCUT2D eigenvalue weighted by atomic mass is 32.2. The number of fused-ring (bicyclic) bond motifs is 2. The van der Waals surface area contributed by atoms with Crippen LogP contribution < -0.4 is 9.80 Å². The Labute approximate surface area is 275 Å². The minimum absolute atomic E-state index is 0.144. The van der Waals surface area contributed by atoms with Crippen LogP contribution in [0.15, 0.2) is 47.4 Å². The Bertz CT molecular complexity index is 2130. The van der Waals surface area contributed by atoms with Crippen molar-refractivity contribution in [2.24, 2.45) is 7.05 Å². The first-order chi connectivity index (χ1) is 22.6. The number of morpholine rings is 1. The number of aryl methyl sites for hydroxylation is 4. The Kier molecular flexibility index (Phi) is 7.14. The summed E-state index contributed by atoms with van der Waals surface area (Å²) in [6.07, 6.45) is 3.20. The van der Waals surface area contributed by atoms with Gasteiger partial charge in [0.1, 0.15) is 11.6 Å². The lowest BCUT2D eigenvalue weighted by Gasteiger charge is -2.38. The van der Waals surface area contributed by atoms with Crippen LogP contribution in [0, 0.1) is 20.8 Å². The number of anilines is 2. The zero-order valence-electron chi connectivity index (χ0n) is 27.6. The third-order valence-corrected chi connectivity index (χ3v) is 11.4. The lowest BCUT2D eigenvalue weighted by Crippen LogP contribution is -2.45.